The van der Waals surface area contributed by atoms with Crippen LogP contribution in [0.25, 0.3) is 10.9 Å². The van der Waals surface area contributed by atoms with Crippen LogP contribution in [0.5, 0.6) is 11.5 Å². The van der Waals surface area contributed by atoms with E-state index in [4.69, 9.17) is 21.1 Å². The van der Waals surface area contributed by atoms with Gasteiger partial charge in [0, 0.05) is 23.7 Å². The Hall–Kier alpha value is -2.66. The number of aromatic nitrogens is 1. The maximum absolute atomic E-state index is 13.3. The number of carbonyl (C=O) groups excluding carboxylic acids is 1. The molecule has 134 valence electrons. The van der Waals surface area contributed by atoms with E-state index in [0.717, 1.165) is 12.8 Å². The topological polar surface area (TPSA) is 48.4 Å². The van der Waals surface area contributed by atoms with Gasteiger partial charge in [-0.2, -0.15) is 0 Å². The number of unbranched alkanes of at least 4 members (excludes halogenated alkanes) is 1. The van der Waals surface area contributed by atoms with Crippen molar-refractivity contribution < 1.29 is 18.7 Å². The minimum Gasteiger partial charge on any atom is -0.462 e. The molecule has 6 heteroatoms. The van der Waals surface area contributed by atoms with Gasteiger partial charge in [-0.25, -0.2) is 9.18 Å². The van der Waals surface area contributed by atoms with Crippen molar-refractivity contribution in [3.8, 4) is 11.5 Å². The van der Waals surface area contributed by atoms with Crippen molar-refractivity contribution in [2.24, 2.45) is 0 Å². The van der Waals surface area contributed by atoms with Crippen molar-refractivity contribution in [2.75, 3.05) is 6.61 Å². The van der Waals surface area contributed by atoms with Crippen LogP contribution >= 0.6 is 11.6 Å². The third-order valence-corrected chi connectivity index (χ3v) is 4.16. The van der Waals surface area contributed by atoms with Gasteiger partial charge in [0.1, 0.15) is 17.3 Å². The first kappa shape index (κ1) is 18.1. The number of fused-ring (bicyclic) bond motifs is 1. The number of hydrogen-bond acceptors (Lipinski definition) is 4. The molecule has 0 spiro atoms. The van der Waals surface area contributed by atoms with Gasteiger partial charge >= 0.3 is 5.97 Å². The Morgan fingerprint density at radius 3 is 2.77 bits per heavy atom. The van der Waals surface area contributed by atoms with E-state index >= 15 is 0 Å². The lowest BCUT2D eigenvalue weighted by Gasteiger charge is -2.10. The molecule has 2 aromatic carbocycles. The van der Waals surface area contributed by atoms with Crippen LogP contribution in [0.3, 0.4) is 0 Å². The Balaban J connectivity index is 1.85. The molecule has 0 amide bonds. The molecule has 1 heterocycles. The minimum absolute atomic E-state index is 0.231. The quantitative estimate of drug-likeness (QED) is 0.406. The Labute approximate surface area is 155 Å². The molecule has 4 nitrogen and oxygen atoms in total. The summed E-state index contributed by atoms with van der Waals surface area (Å²) in [5, 5.41) is 0.900. The zero-order chi connectivity index (χ0) is 18.5. The van der Waals surface area contributed by atoms with Gasteiger partial charge in [-0.15, -0.1) is 0 Å². The van der Waals surface area contributed by atoms with Crippen LogP contribution in [0, 0.1) is 5.82 Å². The van der Waals surface area contributed by atoms with Crippen LogP contribution in [0.2, 0.25) is 5.02 Å². The van der Waals surface area contributed by atoms with Crippen molar-refractivity contribution in [1.29, 1.82) is 0 Å². The highest BCUT2D eigenvalue weighted by atomic mass is 35.5. The van der Waals surface area contributed by atoms with E-state index in [9.17, 15) is 9.18 Å². The molecule has 0 saturated heterocycles. The highest BCUT2D eigenvalue weighted by Gasteiger charge is 2.16. The Kier molecular flexibility index (Phi) is 5.68. The van der Waals surface area contributed by atoms with Crippen LogP contribution in [-0.4, -0.2) is 17.6 Å². The summed E-state index contributed by atoms with van der Waals surface area (Å²) in [5.41, 5.74) is 0.795. The first-order valence-electron chi connectivity index (χ1n) is 8.27. The number of nitrogens with zero attached hydrogens (tertiary/aromatic N) is 1. The molecule has 1 aromatic heterocycles. The molecule has 0 unspecified atom stereocenters. The fraction of sp³-hybridized carbons (Fsp3) is 0.200. The Bertz CT molecular complexity index is 945. The van der Waals surface area contributed by atoms with Crippen LogP contribution in [0.4, 0.5) is 4.39 Å². The molecule has 0 radical (unpaired) electrons. The van der Waals surface area contributed by atoms with Crippen molar-refractivity contribution in [3.63, 3.8) is 0 Å². The normalized spacial score (nSPS) is 10.7. The summed E-state index contributed by atoms with van der Waals surface area (Å²) in [7, 11) is 0. The van der Waals surface area contributed by atoms with Gasteiger partial charge in [0.2, 0.25) is 0 Å². The summed E-state index contributed by atoms with van der Waals surface area (Å²) < 4.78 is 24.1. The van der Waals surface area contributed by atoms with E-state index in [1.807, 2.05) is 6.92 Å². The number of pyridine rings is 1. The second kappa shape index (κ2) is 8.15. The molecule has 3 rings (SSSR count). The van der Waals surface area contributed by atoms with Crippen LogP contribution in [0.1, 0.15) is 30.1 Å². The van der Waals surface area contributed by atoms with Crippen molar-refractivity contribution in [3.05, 3.63) is 65.1 Å². The fourth-order valence-corrected chi connectivity index (χ4v) is 2.68. The van der Waals surface area contributed by atoms with Crippen LogP contribution < -0.4 is 4.74 Å². The van der Waals surface area contributed by atoms with Gasteiger partial charge in [0.15, 0.2) is 0 Å². The second-order valence-corrected chi connectivity index (χ2v) is 6.09. The number of esters is 1. The maximum atomic E-state index is 13.3. The summed E-state index contributed by atoms with van der Waals surface area (Å²) in [6.45, 7) is 2.37. The van der Waals surface area contributed by atoms with Crippen LogP contribution in [0.15, 0.2) is 48.7 Å². The van der Waals surface area contributed by atoms with E-state index in [1.54, 1.807) is 30.3 Å². The summed E-state index contributed by atoms with van der Waals surface area (Å²) in [5.74, 6) is 0.00475. The van der Waals surface area contributed by atoms with Gasteiger partial charge in [-0.05, 0) is 30.7 Å². The molecule has 3 aromatic rings. The van der Waals surface area contributed by atoms with Crippen molar-refractivity contribution in [1.82, 2.24) is 4.98 Å². The molecule has 0 atom stereocenters. The van der Waals surface area contributed by atoms with Gasteiger partial charge in [-0.3, -0.25) is 4.98 Å². The maximum Gasteiger partial charge on any atom is 0.341 e. The molecule has 26 heavy (non-hydrogen) atoms. The van der Waals surface area contributed by atoms with Crippen molar-refractivity contribution >= 4 is 28.5 Å². The number of halogens is 2. The van der Waals surface area contributed by atoms with E-state index in [1.165, 1.54) is 18.3 Å². The number of ether oxygens (including phenoxy) is 2. The molecular formula is C20H17ClFNO3. The minimum atomic E-state index is -0.488. The first-order valence-corrected chi connectivity index (χ1v) is 8.65. The third-order valence-electron chi connectivity index (χ3n) is 3.76. The predicted octanol–water partition coefficient (Wildman–Crippen LogP) is 5.78. The standard InChI is InChI=1S/C20H17ClFNO3/c1-2-3-9-25-20(24)17-12-23-18-11-15(7-8-16(18)19(17)21)26-14-6-4-5-13(22)10-14/h4-8,10-12H,2-3,9H2,1H3. The van der Waals surface area contributed by atoms with Gasteiger partial charge in [0.25, 0.3) is 0 Å². The smallest absolute Gasteiger partial charge is 0.341 e. The van der Waals surface area contributed by atoms with Crippen molar-refractivity contribution in [2.45, 2.75) is 19.8 Å². The SMILES string of the molecule is CCCCOC(=O)c1cnc2cc(Oc3cccc(F)c3)ccc2c1Cl. The lowest BCUT2D eigenvalue weighted by molar-refractivity contribution is 0.0499. The van der Waals surface area contributed by atoms with E-state index in [-0.39, 0.29) is 16.4 Å². The highest BCUT2D eigenvalue weighted by molar-refractivity contribution is 6.38. The third kappa shape index (κ3) is 4.11. The molecule has 0 aliphatic heterocycles. The number of hydrogen-bond donors (Lipinski definition) is 0. The molecule has 0 N–H and O–H groups in total. The molecule has 0 bridgehead atoms. The zero-order valence-corrected chi connectivity index (χ0v) is 14.9. The lowest BCUT2D eigenvalue weighted by Crippen LogP contribution is -2.07. The molecular weight excluding hydrogens is 357 g/mol. The first-order chi connectivity index (χ1) is 12.6. The van der Waals surface area contributed by atoms with Crippen LogP contribution in [-0.2, 0) is 4.74 Å². The van der Waals surface area contributed by atoms with E-state index in [2.05, 4.69) is 4.98 Å². The zero-order valence-electron chi connectivity index (χ0n) is 14.2. The molecule has 0 fully saturated rings. The monoisotopic (exact) mass is 373 g/mol. The largest absolute Gasteiger partial charge is 0.462 e. The number of benzene rings is 2. The fourth-order valence-electron chi connectivity index (χ4n) is 2.40. The Morgan fingerprint density at radius 1 is 1.19 bits per heavy atom. The second-order valence-electron chi connectivity index (χ2n) is 5.71. The van der Waals surface area contributed by atoms with E-state index < -0.39 is 5.97 Å². The predicted molar refractivity (Wildman–Crippen MR) is 98.4 cm³/mol. The Morgan fingerprint density at radius 2 is 2.00 bits per heavy atom. The number of rotatable bonds is 6. The molecule has 0 saturated carbocycles. The lowest BCUT2D eigenvalue weighted by atomic mass is 10.1. The molecule has 0 aliphatic rings. The number of carbonyl (C=O) groups is 1. The van der Waals surface area contributed by atoms with E-state index in [0.29, 0.717) is 29.0 Å². The van der Waals surface area contributed by atoms with Gasteiger partial charge in [-0.1, -0.05) is 31.0 Å². The summed E-state index contributed by atoms with van der Waals surface area (Å²) in [4.78, 5) is 16.4. The summed E-state index contributed by atoms with van der Waals surface area (Å²) in [6.07, 6.45) is 3.13. The average Bonchev–Trinajstić information content (AvgIpc) is 2.62. The van der Waals surface area contributed by atoms with Gasteiger partial charge in [0.05, 0.1) is 22.7 Å². The summed E-state index contributed by atoms with van der Waals surface area (Å²) in [6, 6.07) is 10.9. The molecule has 0 aliphatic carbocycles. The highest BCUT2D eigenvalue weighted by Crippen LogP contribution is 2.30. The summed E-state index contributed by atoms with van der Waals surface area (Å²) >= 11 is 6.35. The van der Waals surface area contributed by atoms with Gasteiger partial charge < -0.3 is 9.47 Å². The average molecular weight is 374 g/mol.